The minimum absolute atomic E-state index is 0.138. The maximum atomic E-state index is 12.0. The number of hydrogen-bond donors (Lipinski definition) is 2. The molecule has 0 aliphatic rings. The van der Waals surface area contributed by atoms with Gasteiger partial charge >= 0.3 is 6.03 Å². The second-order valence-corrected chi connectivity index (χ2v) is 4.47. The third kappa shape index (κ3) is 3.00. The first-order valence-corrected chi connectivity index (χ1v) is 5.71. The normalized spacial score (nSPS) is 9.83. The Labute approximate surface area is 108 Å². The number of amides is 2. The highest BCUT2D eigenvalue weighted by Gasteiger charge is 2.16. The quantitative estimate of drug-likeness (QED) is 0.591. The molecule has 1 rings (SSSR count). The largest absolute Gasteiger partial charge is 0.349 e. The van der Waals surface area contributed by atoms with Gasteiger partial charge in [-0.3, -0.25) is 10.3 Å². The molecular formula is C13H20N4O. The number of rotatable bonds is 1. The molecule has 0 radical (unpaired) electrons. The van der Waals surface area contributed by atoms with Crippen LogP contribution in [0.2, 0.25) is 0 Å². The molecule has 2 amide bonds. The number of carbonyl (C=O) groups excluding carboxylic acids is 1. The van der Waals surface area contributed by atoms with Gasteiger partial charge in [-0.05, 0) is 25.0 Å². The van der Waals surface area contributed by atoms with E-state index < -0.39 is 0 Å². The van der Waals surface area contributed by atoms with Gasteiger partial charge < -0.3 is 10.2 Å². The predicted molar refractivity (Wildman–Crippen MR) is 74.1 cm³/mol. The number of benzene rings is 1. The number of nitrogens with one attached hydrogen (secondary N) is 2. The Balaban J connectivity index is 2.85. The topological polar surface area (TPSA) is 59.4 Å². The molecule has 0 aliphatic heterocycles. The summed E-state index contributed by atoms with van der Waals surface area (Å²) >= 11 is 0. The van der Waals surface area contributed by atoms with Gasteiger partial charge in [0.2, 0.25) is 5.96 Å². The number of para-hydroxylation sites is 1. The lowest BCUT2D eigenvalue weighted by Crippen LogP contribution is -2.43. The third-order valence-corrected chi connectivity index (χ3v) is 2.76. The predicted octanol–water partition coefficient (Wildman–Crippen LogP) is 2.26. The standard InChI is InChI=1S/C13H20N4O/c1-9-7-6-8-10(2)11(9)15-13(18)17(5)12(14)16(3)4/h6-8,14H,1-5H3,(H,15,18). The summed E-state index contributed by atoms with van der Waals surface area (Å²) in [5.41, 5.74) is 2.82. The van der Waals surface area contributed by atoms with Gasteiger partial charge in [-0.1, -0.05) is 18.2 Å². The highest BCUT2D eigenvalue weighted by atomic mass is 16.2. The molecule has 18 heavy (non-hydrogen) atoms. The zero-order valence-corrected chi connectivity index (χ0v) is 11.5. The van der Waals surface area contributed by atoms with Gasteiger partial charge in [-0.15, -0.1) is 0 Å². The van der Waals surface area contributed by atoms with Crippen LogP contribution in [-0.4, -0.2) is 42.9 Å². The smallest absolute Gasteiger partial charge is 0.328 e. The minimum atomic E-state index is -0.314. The average molecular weight is 248 g/mol. The van der Waals surface area contributed by atoms with Gasteiger partial charge in [-0.2, -0.15) is 0 Å². The molecule has 0 aliphatic carbocycles. The van der Waals surface area contributed by atoms with Gasteiger partial charge in [-0.25, -0.2) is 4.79 Å². The van der Waals surface area contributed by atoms with E-state index in [0.29, 0.717) is 0 Å². The van der Waals surface area contributed by atoms with Crippen molar-refractivity contribution in [3.05, 3.63) is 29.3 Å². The maximum Gasteiger partial charge on any atom is 0.328 e. The van der Waals surface area contributed by atoms with E-state index in [1.165, 1.54) is 4.90 Å². The van der Waals surface area contributed by atoms with Crippen molar-refractivity contribution in [2.45, 2.75) is 13.8 Å². The van der Waals surface area contributed by atoms with Crippen LogP contribution in [0.25, 0.3) is 0 Å². The highest BCUT2D eigenvalue weighted by Crippen LogP contribution is 2.19. The lowest BCUT2D eigenvalue weighted by Gasteiger charge is -2.24. The second-order valence-electron chi connectivity index (χ2n) is 4.47. The van der Waals surface area contributed by atoms with Crippen LogP contribution in [0, 0.1) is 19.3 Å². The zero-order valence-electron chi connectivity index (χ0n) is 11.5. The van der Waals surface area contributed by atoms with E-state index in [0.717, 1.165) is 16.8 Å². The zero-order chi connectivity index (χ0) is 13.9. The number of aryl methyl sites for hydroxylation is 2. The van der Waals surface area contributed by atoms with Crippen LogP contribution >= 0.6 is 0 Å². The van der Waals surface area contributed by atoms with E-state index in [1.54, 1.807) is 26.0 Å². The summed E-state index contributed by atoms with van der Waals surface area (Å²) in [5, 5.41) is 10.6. The first-order valence-electron chi connectivity index (χ1n) is 5.71. The monoisotopic (exact) mass is 248 g/mol. The average Bonchev–Trinajstić information content (AvgIpc) is 2.31. The molecule has 0 atom stereocenters. The van der Waals surface area contributed by atoms with E-state index in [9.17, 15) is 4.79 Å². The van der Waals surface area contributed by atoms with Crippen molar-refractivity contribution >= 4 is 17.7 Å². The molecule has 1 aromatic rings. The SMILES string of the molecule is Cc1cccc(C)c1NC(=O)N(C)C(=N)N(C)C. The molecule has 0 saturated carbocycles. The molecule has 5 nitrogen and oxygen atoms in total. The number of anilines is 1. The number of nitrogens with zero attached hydrogens (tertiary/aromatic N) is 2. The molecule has 2 N–H and O–H groups in total. The van der Waals surface area contributed by atoms with Gasteiger partial charge in [0.15, 0.2) is 0 Å². The van der Waals surface area contributed by atoms with Crippen LogP contribution in [0.15, 0.2) is 18.2 Å². The molecule has 0 unspecified atom stereocenters. The summed E-state index contributed by atoms with van der Waals surface area (Å²) in [5.74, 6) is 0.138. The lowest BCUT2D eigenvalue weighted by atomic mass is 10.1. The minimum Gasteiger partial charge on any atom is -0.349 e. The summed E-state index contributed by atoms with van der Waals surface area (Å²) in [6.45, 7) is 3.89. The van der Waals surface area contributed by atoms with Crippen LogP contribution in [0.4, 0.5) is 10.5 Å². The molecule has 0 bridgehead atoms. The Morgan fingerprint density at radius 1 is 1.17 bits per heavy atom. The van der Waals surface area contributed by atoms with Crippen LogP contribution in [0.3, 0.4) is 0 Å². The number of guanidine groups is 1. The van der Waals surface area contributed by atoms with E-state index >= 15 is 0 Å². The summed E-state index contributed by atoms with van der Waals surface area (Å²) in [6.07, 6.45) is 0. The Hall–Kier alpha value is -2.04. The Kier molecular flexibility index (Phi) is 4.31. The Morgan fingerprint density at radius 2 is 1.67 bits per heavy atom. The van der Waals surface area contributed by atoms with Crippen LogP contribution in [0.1, 0.15) is 11.1 Å². The lowest BCUT2D eigenvalue weighted by molar-refractivity contribution is 0.236. The number of carbonyl (C=O) groups is 1. The first-order chi connectivity index (χ1) is 8.34. The molecular weight excluding hydrogens is 228 g/mol. The van der Waals surface area contributed by atoms with E-state index in [-0.39, 0.29) is 12.0 Å². The van der Waals surface area contributed by atoms with Crippen molar-refractivity contribution in [3.8, 4) is 0 Å². The molecule has 0 spiro atoms. The van der Waals surface area contributed by atoms with Crippen molar-refractivity contribution in [3.63, 3.8) is 0 Å². The fourth-order valence-corrected chi connectivity index (χ4v) is 1.60. The van der Waals surface area contributed by atoms with Gasteiger partial charge in [0.05, 0.1) is 0 Å². The molecule has 0 heterocycles. The van der Waals surface area contributed by atoms with Crippen molar-refractivity contribution in [2.75, 3.05) is 26.5 Å². The van der Waals surface area contributed by atoms with Crippen molar-refractivity contribution in [2.24, 2.45) is 0 Å². The van der Waals surface area contributed by atoms with Gasteiger partial charge in [0, 0.05) is 26.8 Å². The molecule has 5 heteroatoms. The molecule has 98 valence electrons. The molecule has 0 saturated heterocycles. The third-order valence-electron chi connectivity index (χ3n) is 2.76. The van der Waals surface area contributed by atoms with E-state index in [4.69, 9.17) is 5.41 Å². The molecule has 1 aromatic carbocycles. The fraction of sp³-hybridized carbons (Fsp3) is 0.385. The van der Waals surface area contributed by atoms with Gasteiger partial charge in [0.25, 0.3) is 0 Å². The van der Waals surface area contributed by atoms with E-state index in [2.05, 4.69) is 5.32 Å². The van der Waals surface area contributed by atoms with E-state index in [1.807, 2.05) is 32.0 Å². The first kappa shape index (κ1) is 14.0. The Morgan fingerprint density at radius 3 is 2.11 bits per heavy atom. The molecule has 0 aromatic heterocycles. The number of urea groups is 1. The fourth-order valence-electron chi connectivity index (χ4n) is 1.60. The summed E-state index contributed by atoms with van der Waals surface area (Å²) < 4.78 is 0. The van der Waals surface area contributed by atoms with Crippen molar-refractivity contribution in [1.29, 1.82) is 5.41 Å². The van der Waals surface area contributed by atoms with Crippen LogP contribution in [0.5, 0.6) is 0 Å². The second kappa shape index (κ2) is 5.53. The van der Waals surface area contributed by atoms with Crippen molar-refractivity contribution in [1.82, 2.24) is 9.80 Å². The van der Waals surface area contributed by atoms with Gasteiger partial charge in [0.1, 0.15) is 0 Å². The Bertz CT molecular complexity index is 448. The number of hydrogen-bond acceptors (Lipinski definition) is 2. The van der Waals surface area contributed by atoms with Crippen LogP contribution in [-0.2, 0) is 0 Å². The van der Waals surface area contributed by atoms with Crippen molar-refractivity contribution < 1.29 is 4.79 Å². The summed E-state index contributed by atoms with van der Waals surface area (Å²) in [7, 11) is 5.03. The summed E-state index contributed by atoms with van der Waals surface area (Å²) in [6, 6.07) is 5.53. The molecule has 0 fully saturated rings. The summed E-state index contributed by atoms with van der Waals surface area (Å²) in [4.78, 5) is 14.9. The highest BCUT2D eigenvalue weighted by molar-refractivity contribution is 6.01. The maximum absolute atomic E-state index is 12.0. The van der Waals surface area contributed by atoms with Crippen LogP contribution < -0.4 is 5.32 Å².